The van der Waals surface area contributed by atoms with Crippen LogP contribution >= 0.6 is 11.3 Å². The molecule has 0 aliphatic carbocycles. The van der Waals surface area contributed by atoms with Crippen LogP contribution in [-0.4, -0.2) is 32.7 Å². The van der Waals surface area contributed by atoms with Crippen molar-refractivity contribution < 1.29 is 8.42 Å². The molecule has 0 saturated heterocycles. The third-order valence-corrected chi connectivity index (χ3v) is 5.92. The quantitative estimate of drug-likeness (QED) is 0.811. The lowest BCUT2D eigenvalue weighted by Gasteiger charge is -2.16. The number of benzene rings is 1. The Morgan fingerprint density at radius 2 is 2.22 bits per heavy atom. The van der Waals surface area contributed by atoms with Crippen LogP contribution in [0.5, 0.6) is 0 Å². The maximum atomic E-state index is 11.8. The van der Waals surface area contributed by atoms with Crippen LogP contribution in [-0.2, 0) is 16.4 Å². The van der Waals surface area contributed by atoms with E-state index in [0.717, 1.165) is 53.4 Å². The number of rotatable bonds is 6. The summed E-state index contributed by atoms with van der Waals surface area (Å²) in [7, 11) is -3.19. The first kappa shape index (κ1) is 16.3. The summed E-state index contributed by atoms with van der Waals surface area (Å²) >= 11 is 1.60. The van der Waals surface area contributed by atoms with Crippen molar-refractivity contribution in [3.8, 4) is 11.3 Å². The van der Waals surface area contributed by atoms with Gasteiger partial charge in [0.15, 0.2) is 5.13 Å². The Morgan fingerprint density at radius 1 is 1.39 bits per heavy atom. The molecule has 0 radical (unpaired) electrons. The Bertz CT molecular complexity index is 799. The van der Waals surface area contributed by atoms with E-state index < -0.39 is 10.0 Å². The van der Waals surface area contributed by atoms with Gasteiger partial charge in [0, 0.05) is 24.0 Å². The second-order valence-electron chi connectivity index (χ2n) is 5.75. The fraction of sp³-hybridized carbons (Fsp3) is 0.438. The molecule has 0 unspecified atom stereocenters. The van der Waals surface area contributed by atoms with Crippen molar-refractivity contribution in [3.63, 3.8) is 0 Å². The monoisotopic (exact) mass is 351 g/mol. The normalized spacial score (nSPS) is 14.1. The Morgan fingerprint density at radius 3 is 2.96 bits per heavy atom. The summed E-state index contributed by atoms with van der Waals surface area (Å²) in [5.41, 5.74) is 3.85. The van der Waals surface area contributed by atoms with Gasteiger partial charge in [0.2, 0.25) is 10.0 Å². The van der Waals surface area contributed by atoms with Crippen LogP contribution in [0.4, 0.5) is 10.8 Å². The molecule has 1 aliphatic rings. The van der Waals surface area contributed by atoms with Gasteiger partial charge in [0.05, 0.1) is 17.6 Å². The van der Waals surface area contributed by atoms with E-state index in [4.69, 9.17) is 0 Å². The smallest absolute Gasteiger partial charge is 0.232 e. The topological polar surface area (TPSA) is 62.3 Å². The highest BCUT2D eigenvalue weighted by Crippen LogP contribution is 2.34. The maximum Gasteiger partial charge on any atom is 0.232 e. The van der Waals surface area contributed by atoms with Crippen LogP contribution in [0.15, 0.2) is 23.6 Å². The van der Waals surface area contributed by atoms with Crippen LogP contribution < -0.4 is 9.62 Å². The Labute approximate surface area is 141 Å². The summed E-state index contributed by atoms with van der Waals surface area (Å²) in [6, 6.07) is 5.90. The molecule has 1 aromatic carbocycles. The number of fused-ring (bicyclic) bond motifs is 1. The van der Waals surface area contributed by atoms with E-state index in [1.54, 1.807) is 11.3 Å². The molecular formula is C16H21N3O2S2. The van der Waals surface area contributed by atoms with Gasteiger partial charge in [0.25, 0.3) is 0 Å². The number of aromatic nitrogens is 1. The van der Waals surface area contributed by atoms with Crippen molar-refractivity contribution in [1.29, 1.82) is 0 Å². The van der Waals surface area contributed by atoms with E-state index in [0.29, 0.717) is 6.54 Å². The first-order chi connectivity index (χ1) is 11.0. The molecule has 1 N–H and O–H groups in total. The molecule has 3 rings (SSSR count). The van der Waals surface area contributed by atoms with E-state index in [9.17, 15) is 8.42 Å². The molecule has 0 amide bonds. The highest BCUT2D eigenvalue weighted by molar-refractivity contribution is 7.92. The number of hydrogen-bond donors (Lipinski definition) is 1. The number of unbranched alkanes of at least 4 members (excludes halogenated alkanes) is 1. The average molecular weight is 351 g/mol. The van der Waals surface area contributed by atoms with Gasteiger partial charge in [-0.3, -0.25) is 4.31 Å². The minimum absolute atomic E-state index is 0.526. The minimum atomic E-state index is -3.19. The summed E-state index contributed by atoms with van der Waals surface area (Å²) in [5, 5.41) is 6.31. The molecule has 0 atom stereocenters. The zero-order valence-electron chi connectivity index (χ0n) is 13.4. The fourth-order valence-corrected chi connectivity index (χ4v) is 4.44. The first-order valence-electron chi connectivity index (χ1n) is 7.79. The van der Waals surface area contributed by atoms with Gasteiger partial charge in [0.1, 0.15) is 0 Å². The minimum Gasteiger partial charge on any atom is -0.362 e. The highest BCUT2D eigenvalue weighted by Gasteiger charge is 2.26. The maximum absolute atomic E-state index is 11.8. The molecule has 0 fully saturated rings. The molecule has 0 spiro atoms. The molecule has 0 bridgehead atoms. The van der Waals surface area contributed by atoms with E-state index in [1.807, 2.05) is 17.5 Å². The third kappa shape index (κ3) is 3.50. The van der Waals surface area contributed by atoms with Crippen molar-refractivity contribution in [3.05, 3.63) is 29.1 Å². The molecular weight excluding hydrogens is 330 g/mol. The molecule has 5 nitrogen and oxygen atoms in total. The molecule has 0 saturated carbocycles. The second-order valence-corrected chi connectivity index (χ2v) is 8.51. The van der Waals surface area contributed by atoms with E-state index in [2.05, 4.69) is 23.3 Å². The number of thiazole rings is 1. The summed E-state index contributed by atoms with van der Waals surface area (Å²) in [5.74, 6) is 0. The summed E-state index contributed by atoms with van der Waals surface area (Å²) in [6.45, 7) is 3.63. The van der Waals surface area contributed by atoms with Gasteiger partial charge in [-0.25, -0.2) is 13.4 Å². The Hall–Kier alpha value is -1.60. The zero-order chi connectivity index (χ0) is 16.4. The van der Waals surface area contributed by atoms with Crippen LogP contribution in [0, 0.1) is 0 Å². The SMILES string of the molecule is CCCCNc1nc(-c2ccc3c(c2)CCN3S(C)(=O)=O)cs1. The predicted molar refractivity (Wildman–Crippen MR) is 96.8 cm³/mol. The number of nitrogens with zero attached hydrogens (tertiary/aromatic N) is 2. The van der Waals surface area contributed by atoms with Gasteiger partial charge in [-0.15, -0.1) is 11.3 Å². The van der Waals surface area contributed by atoms with Crippen LogP contribution in [0.1, 0.15) is 25.3 Å². The van der Waals surface area contributed by atoms with Crippen molar-refractivity contribution in [2.24, 2.45) is 0 Å². The molecule has 7 heteroatoms. The van der Waals surface area contributed by atoms with Gasteiger partial charge in [-0.05, 0) is 30.5 Å². The lowest BCUT2D eigenvalue weighted by atomic mass is 10.1. The summed E-state index contributed by atoms with van der Waals surface area (Å²) < 4.78 is 25.1. The molecule has 1 aliphatic heterocycles. The second kappa shape index (κ2) is 6.49. The Balaban J connectivity index is 1.81. The number of nitrogens with one attached hydrogen (secondary N) is 1. The molecule has 2 aromatic rings. The van der Waals surface area contributed by atoms with Crippen molar-refractivity contribution in [1.82, 2.24) is 4.98 Å². The molecule has 2 heterocycles. The van der Waals surface area contributed by atoms with Gasteiger partial charge < -0.3 is 5.32 Å². The Kier molecular flexibility index (Phi) is 4.59. The van der Waals surface area contributed by atoms with E-state index >= 15 is 0 Å². The predicted octanol–water partition coefficient (Wildman–Crippen LogP) is 3.34. The van der Waals surface area contributed by atoms with Crippen molar-refractivity contribution >= 4 is 32.2 Å². The largest absolute Gasteiger partial charge is 0.362 e. The summed E-state index contributed by atoms with van der Waals surface area (Å²) in [4.78, 5) is 4.62. The fourth-order valence-electron chi connectivity index (χ4n) is 2.73. The highest BCUT2D eigenvalue weighted by atomic mass is 32.2. The molecule has 1 aromatic heterocycles. The number of sulfonamides is 1. The van der Waals surface area contributed by atoms with E-state index in [-0.39, 0.29) is 0 Å². The summed E-state index contributed by atoms with van der Waals surface area (Å²) in [6.07, 6.45) is 4.30. The van der Waals surface area contributed by atoms with Crippen LogP contribution in [0.2, 0.25) is 0 Å². The standard InChI is InChI=1S/C16H21N3O2S2/c1-3-4-8-17-16-18-14(11-22-16)12-5-6-15-13(10-12)7-9-19(15)23(2,20)21/h5-6,10-11H,3-4,7-9H2,1-2H3,(H,17,18). The number of anilines is 2. The third-order valence-electron chi connectivity index (χ3n) is 3.94. The first-order valence-corrected chi connectivity index (χ1v) is 10.5. The van der Waals surface area contributed by atoms with Gasteiger partial charge in [-0.2, -0.15) is 0 Å². The lowest BCUT2D eigenvalue weighted by Crippen LogP contribution is -2.27. The lowest BCUT2D eigenvalue weighted by molar-refractivity contribution is 0.598. The van der Waals surface area contributed by atoms with Crippen molar-refractivity contribution in [2.45, 2.75) is 26.2 Å². The van der Waals surface area contributed by atoms with Gasteiger partial charge in [-0.1, -0.05) is 19.4 Å². The van der Waals surface area contributed by atoms with Gasteiger partial charge >= 0.3 is 0 Å². The zero-order valence-corrected chi connectivity index (χ0v) is 15.0. The molecule has 124 valence electrons. The van der Waals surface area contributed by atoms with E-state index in [1.165, 1.54) is 10.6 Å². The van der Waals surface area contributed by atoms with Crippen LogP contribution in [0.3, 0.4) is 0 Å². The van der Waals surface area contributed by atoms with Crippen LogP contribution in [0.25, 0.3) is 11.3 Å². The van der Waals surface area contributed by atoms with Crippen molar-refractivity contribution in [2.75, 3.05) is 29.0 Å². The molecule has 23 heavy (non-hydrogen) atoms. The number of hydrogen-bond acceptors (Lipinski definition) is 5. The average Bonchev–Trinajstić information content (AvgIpc) is 3.12.